The van der Waals surface area contributed by atoms with Crippen LogP contribution in [0.4, 0.5) is 0 Å². The molecule has 2 rings (SSSR count). The van der Waals surface area contributed by atoms with E-state index in [4.69, 9.17) is 4.74 Å². The van der Waals surface area contributed by atoms with Crippen LogP contribution in [0.25, 0.3) is 0 Å². The first-order valence-electron chi connectivity index (χ1n) is 7.91. The molecule has 4 heteroatoms. The van der Waals surface area contributed by atoms with Gasteiger partial charge in [-0.25, -0.2) is 0 Å². The maximum absolute atomic E-state index is 5.79. The molecule has 1 aliphatic carbocycles. The Balaban J connectivity index is 2.02. The maximum atomic E-state index is 5.79. The van der Waals surface area contributed by atoms with Crippen molar-refractivity contribution < 1.29 is 4.74 Å². The van der Waals surface area contributed by atoms with E-state index in [1.54, 1.807) is 0 Å². The molecule has 0 radical (unpaired) electrons. The van der Waals surface area contributed by atoms with Gasteiger partial charge in [0.05, 0.1) is 11.1 Å². The molecule has 0 unspecified atom stereocenters. The number of ether oxygens (including phenoxy) is 1. The average molecular weight is 419 g/mol. The number of hydrogen-bond acceptors (Lipinski definition) is 2. The Kier molecular flexibility index (Phi) is 6.57. The lowest BCUT2D eigenvalue weighted by atomic mass is 9.83. The van der Waals surface area contributed by atoms with Crippen LogP contribution >= 0.6 is 31.9 Å². The van der Waals surface area contributed by atoms with Crippen LogP contribution in [-0.4, -0.2) is 13.2 Å². The van der Waals surface area contributed by atoms with E-state index in [1.807, 2.05) is 13.0 Å². The Bertz CT molecular complexity index is 470. The van der Waals surface area contributed by atoms with Crippen LogP contribution in [0.1, 0.15) is 51.5 Å². The van der Waals surface area contributed by atoms with Gasteiger partial charge in [-0.3, -0.25) is 0 Å². The van der Waals surface area contributed by atoms with Gasteiger partial charge in [-0.2, -0.15) is 0 Å². The number of halogens is 2. The summed E-state index contributed by atoms with van der Waals surface area (Å²) in [4.78, 5) is 0. The number of hydrogen-bond donors (Lipinski definition) is 1. The van der Waals surface area contributed by atoms with Crippen molar-refractivity contribution in [1.82, 2.24) is 5.32 Å². The summed E-state index contributed by atoms with van der Waals surface area (Å²) in [5, 5.41) is 3.67. The van der Waals surface area contributed by atoms with E-state index in [0.29, 0.717) is 12.0 Å². The van der Waals surface area contributed by atoms with E-state index >= 15 is 0 Å². The molecule has 1 N–H and O–H groups in total. The second-order valence-corrected chi connectivity index (χ2v) is 7.74. The van der Waals surface area contributed by atoms with Gasteiger partial charge in [-0.1, -0.05) is 35.7 Å². The van der Waals surface area contributed by atoms with Crippen molar-refractivity contribution in [3.63, 3.8) is 0 Å². The summed E-state index contributed by atoms with van der Waals surface area (Å²) in [5.74, 6) is 0.963. The van der Waals surface area contributed by atoms with Gasteiger partial charge < -0.3 is 10.1 Å². The van der Waals surface area contributed by atoms with E-state index in [1.165, 1.54) is 37.7 Å². The quantitative estimate of drug-likeness (QED) is 0.615. The van der Waals surface area contributed by atoms with Crippen LogP contribution in [0.3, 0.4) is 0 Å². The average Bonchev–Trinajstić information content (AvgIpc) is 2.92. The topological polar surface area (TPSA) is 21.3 Å². The highest BCUT2D eigenvalue weighted by molar-refractivity contribution is 9.11. The minimum Gasteiger partial charge on any atom is -0.492 e. The molecule has 1 aromatic rings. The van der Waals surface area contributed by atoms with Crippen LogP contribution < -0.4 is 10.1 Å². The van der Waals surface area contributed by atoms with E-state index < -0.39 is 0 Å². The van der Waals surface area contributed by atoms with Crippen molar-refractivity contribution in [3.05, 3.63) is 26.6 Å². The predicted molar refractivity (Wildman–Crippen MR) is 95.9 cm³/mol. The zero-order valence-corrected chi connectivity index (χ0v) is 16.1. The first-order valence-corrected chi connectivity index (χ1v) is 9.50. The van der Waals surface area contributed by atoms with Crippen LogP contribution in [0.2, 0.25) is 0 Å². The molecule has 0 saturated heterocycles. The minimum atomic E-state index is 0.523. The lowest BCUT2D eigenvalue weighted by molar-refractivity contribution is 0.266. The third kappa shape index (κ3) is 4.46. The molecule has 0 heterocycles. The molecule has 21 heavy (non-hydrogen) atoms. The van der Waals surface area contributed by atoms with Crippen LogP contribution in [0, 0.1) is 5.41 Å². The third-order valence-corrected chi connectivity index (χ3v) is 5.65. The standard InChI is InChI=1S/C17H25Br2NO/c1-3-17(7-5-6-8-17)12-20-11-13-9-14(18)10-15(19)16(13)21-4-2/h9-10,20H,3-8,11-12H2,1-2H3. The second-order valence-electron chi connectivity index (χ2n) is 5.97. The normalized spacial score (nSPS) is 17.1. The molecule has 0 bridgehead atoms. The SMILES string of the molecule is CCOc1c(Br)cc(Br)cc1CNCC1(CC)CCCC1. The molecule has 1 saturated carbocycles. The Morgan fingerprint density at radius 1 is 1.19 bits per heavy atom. The molecular weight excluding hydrogens is 394 g/mol. The molecular formula is C17H25Br2NO. The Hall–Kier alpha value is -0.0600. The molecule has 0 aromatic heterocycles. The molecule has 0 spiro atoms. The number of benzene rings is 1. The third-order valence-electron chi connectivity index (χ3n) is 4.60. The minimum absolute atomic E-state index is 0.523. The second kappa shape index (κ2) is 7.98. The zero-order chi connectivity index (χ0) is 15.3. The highest BCUT2D eigenvalue weighted by Crippen LogP contribution is 2.40. The first-order chi connectivity index (χ1) is 10.1. The van der Waals surface area contributed by atoms with E-state index in [0.717, 1.165) is 27.8 Å². The van der Waals surface area contributed by atoms with Crippen LogP contribution in [0.15, 0.2) is 21.1 Å². The largest absolute Gasteiger partial charge is 0.492 e. The van der Waals surface area contributed by atoms with E-state index in [9.17, 15) is 0 Å². The monoisotopic (exact) mass is 417 g/mol. The summed E-state index contributed by atoms with van der Waals surface area (Å²) < 4.78 is 7.89. The molecule has 0 atom stereocenters. The summed E-state index contributed by atoms with van der Waals surface area (Å²) >= 11 is 7.17. The van der Waals surface area contributed by atoms with Gasteiger partial charge in [0.2, 0.25) is 0 Å². The Morgan fingerprint density at radius 3 is 2.52 bits per heavy atom. The highest BCUT2D eigenvalue weighted by atomic mass is 79.9. The molecule has 1 aliphatic rings. The fourth-order valence-electron chi connectivity index (χ4n) is 3.29. The first kappa shape index (κ1) is 17.3. The van der Waals surface area contributed by atoms with Gasteiger partial charge in [-0.05, 0) is 59.7 Å². The van der Waals surface area contributed by atoms with Crippen molar-refractivity contribution >= 4 is 31.9 Å². The summed E-state index contributed by atoms with van der Waals surface area (Å²) in [6, 6.07) is 4.19. The van der Waals surface area contributed by atoms with Gasteiger partial charge in [-0.15, -0.1) is 0 Å². The molecule has 1 aromatic carbocycles. The van der Waals surface area contributed by atoms with Crippen molar-refractivity contribution in [1.29, 1.82) is 0 Å². The zero-order valence-electron chi connectivity index (χ0n) is 13.0. The maximum Gasteiger partial charge on any atom is 0.138 e. The number of nitrogens with one attached hydrogen (secondary N) is 1. The Labute approximate surface area is 145 Å². The van der Waals surface area contributed by atoms with Crippen molar-refractivity contribution in [2.24, 2.45) is 5.41 Å². The summed E-state index contributed by atoms with van der Waals surface area (Å²) in [7, 11) is 0. The van der Waals surface area contributed by atoms with E-state index in [2.05, 4.69) is 50.2 Å². The lowest BCUT2D eigenvalue weighted by Gasteiger charge is -2.28. The fourth-order valence-corrected chi connectivity index (χ4v) is 4.72. The van der Waals surface area contributed by atoms with Crippen LogP contribution in [0.5, 0.6) is 5.75 Å². The summed E-state index contributed by atoms with van der Waals surface area (Å²) in [5.41, 5.74) is 1.73. The van der Waals surface area contributed by atoms with Gasteiger partial charge in [0.15, 0.2) is 0 Å². The van der Waals surface area contributed by atoms with Gasteiger partial charge in [0, 0.05) is 23.1 Å². The number of rotatable bonds is 7. The van der Waals surface area contributed by atoms with Gasteiger partial charge in [0.25, 0.3) is 0 Å². The van der Waals surface area contributed by atoms with Gasteiger partial charge >= 0.3 is 0 Å². The molecule has 1 fully saturated rings. The van der Waals surface area contributed by atoms with Crippen LogP contribution in [-0.2, 0) is 6.54 Å². The Morgan fingerprint density at radius 2 is 1.90 bits per heavy atom. The predicted octanol–water partition coefficient (Wildman–Crippen LogP) is 5.67. The van der Waals surface area contributed by atoms with E-state index in [-0.39, 0.29) is 0 Å². The fraction of sp³-hybridized carbons (Fsp3) is 0.647. The lowest BCUT2D eigenvalue weighted by Crippen LogP contribution is -2.31. The smallest absolute Gasteiger partial charge is 0.138 e. The van der Waals surface area contributed by atoms with Crippen molar-refractivity contribution in [2.45, 2.75) is 52.5 Å². The van der Waals surface area contributed by atoms with Crippen molar-refractivity contribution in [2.75, 3.05) is 13.2 Å². The molecule has 0 aliphatic heterocycles. The summed E-state index contributed by atoms with van der Waals surface area (Å²) in [6.45, 7) is 7.01. The molecule has 0 amide bonds. The molecule has 2 nitrogen and oxygen atoms in total. The summed E-state index contributed by atoms with van der Waals surface area (Å²) in [6.07, 6.45) is 6.80. The van der Waals surface area contributed by atoms with Gasteiger partial charge in [0.1, 0.15) is 5.75 Å². The van der Waals surface area contributed by atoms with Crippen molar-refractivity contribution in [3.8, 4) is 5.75 Å². The highest BCUT2D eigenvalue weighted by Gasteiger charge is 2.31. The molecule has 118 valence electrons.